The van der Waals surface area contributed by atoms with Crippen molar-refractivity contribution in [2.24, 2.45) is 0 Å². The lowest BCUT2D eigenvalue weighted by molar-refractivity contribution is -0.115. The van der Waals surface area contributed by atoms with Gasteiger partial charge in [-0.2, -0.15) is 0 Å². The molecule has 0 saturated heterocycles. The van der Waals surface area contributed by atoms with Crippen LogP contribution in [0.15, 0.2) is 150 Å². The molecule has 0 fully saturated rings. The Balaban J connectivity index is 1.33. The third kappa shape index (κ3) is 8.28. The quantitative estimate of drug-likeness (QED) is 0.119. The molecule has 5 aromatic rings. The number of methoxy groups -OCH3 is 1. The van der Waals surface area contributed by atoms with E-state index in [-0.39, 0.29) is 17.4 Å². The summed E-state index contributed by atoms with van der Waals surface area (Å²) >= 11 is 1.37. The second kappa shape index (κ2) is 15.2. The van der Waals surface area contributed by atoms with E-state index >= 15 is 0 Å². The first kappa shape index (κ1) is 30.8. The van der Waals surface area contributed by atoms with Crippen LogP contribution in [-0.4, -0.2) is 30.6 Å². The molecular weight excluding hydrogens is 582 g/mol. The molecule has 0 spiro atoms. The fourth-order valence-electron chi connectivity index (χ4n) is 4.55. The van der Waals surface area contributed by atoms with E-state index in [9.17, 15) is 14.4 Å². The van der Waals surface area contributed by atoms with Crippen molar-refractivity contribution in [3.05, 3.63) is 156 Å². The number of para-hydroxylation sites is 3. The van der Waals surface area contributed by atoms with Gasteiger partial charge in [-0.3, -0.25) is 19.3 Å². The van der Waals surface area contributed by atoms with Crippen LogP contribution in [0.25, 0.3) is 6.08 Å². The number of carbonyl (C=O) groups is 3. The number of benzene rings is 5. The van der Waals surface area contributed by atoms with Crippen LogP contribution in [0.5, 0.6) is 5.75 Å². The summed E-state index contributed by atoms with van der Waals surface area (Å²) in [4.78, 5) is 42.6. The second-order valence-corrected chi connectivity index (χ2v) is 10.8. The number of rotatable bonds is 11. The Kier molecular flexibility index (Phi) is 10.4. The van der Waals surface area contributed by atoms with Gasteiger partial charge in [-0.1, -0.05) is 78.9 Å². The van der Waals surface area contributed by atoms with Gasteiger partial charge in [0, 0.05) is 33.1 Å². The maximum absolute atomic E-state index is 13.6. The van der Waals surface area contributed by atoms with Gasteiger partial charge < -0.3 is 15.4 Å². The molecule has 0 aliphatic carbocycles. The third-order valence-corrected chi connectivity index (χ3v) is 7.68. The highest BCUT2D eigenvalue weighted by molar-refractivity contribution is 8.00. The van der Waals surface area contributed by atoms with Crippen molar-refractivity contribution in [2.45, 2.75) is 4.90 Å². The molecule has 0 aromatic heterocycles. The summed E-state index contributed by atoms with van der Waals surface area (Å²) in [7, 11) is 1.54. The Morgan fingerprint density at radius 1 is 0.733 bits per heavy atom. The van der Waals surface area contributed by atoms with E-state index in [1.807, 2.05) is 84.9 Å². The molecule has 0 aliphatic rings. The topological polar surface area (TPSA) is 87.7 Å². The third-order valence-electron chi connectivity index (χ3n) is 6.70. The van der Waals surface area contributed by atoms with Crippen molar-refractivity contribution in [2.75, 3.05) is 23.1 Å². The van der Waals surface area contributed by atoms with Gasteiger partial charge in [-0.25, -0.2) is 0 Å². The van der Waals surface area contributed by atoms with Gasteiger partial charge in [-0.05, 0) is 66.7 Å². The van der Waals surface area contributed by atoms with Crippen molar-refractivity contribution in [3.63, 3.8) is 0 Å². The number of hydrogen-bond acceptors (Lipinski definition) is 5. The van der Waals surface area contributed by atoms with E-state index < -0.39 is 11.8 Å². The number of nitrogens with zero attached hydrogens (tertiary/aromatic N) is 1. The minimum Gasteiger partial charge on any atom is -0.496 e. The monoisotopic (exact) mass is 613 g/mol. The van der Waals surface area contributed by atoms with E-state index in [1.165, 1.54) is 11.8 Å². The molecule has 8 heteroatoms. The molecule has 0 saturated carbocycles. The van der Waals surface area contributed by atoms with E-state index in [0.717, 1.165) is 16.3 Å². The molecule has 2 N–H and O–H groups in total. The van der Waals surface area contributed by atoms with Crippen LogP contribution in [0, 0.1) is 0 Å². The number of hydrogen-bond donors (Lipinski definition) is 2. The molecule has 3 amide bonds. The Morgan fingerprint density at radius 2 is 1.33 bits per heavy atom. The first-order chi connectivity index (χ1) is 22.0. The van der Waals surface area contributed by atoms with E-state index in [2.05, 4.69) is 10.6 Å². The molecule has 224 valence electrons. The van der Waals surface area contributed by atoms with Crippen molar-refractivity contribution in [1.29, 1.82) is 0 Å². The van der Waals surface area contributed by atoms with Crippen molar-refractivity contribution >= 4 is 52.6 Å². The van der Waals surface area contributed by atoms with Crippen molar-refractivity contribution < 1.29 is 19.1 Å². The van der Waals surface area contributed by atoms with Gasteiger partial charge in [0.15, 0.2) is 0 Å². The molecule has 0 bridgehead atoms. The molecule has 0 unspecified atom stereocenters. The van der Waals surface area contributed by atoms with Crippen LogP contribution in [-0.2, 0) is 9.59 Å². The molecule has 0 radical (unpaired) electrons. The molecule has 5 rings (SSSR count). The fraction of sp³-hybridized carbons (Fsp3) is 0.0541. The smallest absolute Gasteiger partial charge is 0.272 e. The Morgan fingerprint density at radius 3 is 1.98 bits per heavy atom. The second-order valence-electron chi connectivity index (χ2n) is 9.79. The first-order valence-corrected chi connectivity index (χ1v) is 15.2. The van der Waals surface area contributed by atoms with Gasteiger partial charge in [0.2, 0.25) is 5.91 Å². The predicted octanol–water partition coefficient (Wildman–Crippen LogP) is 7.56. The van der Waals surface area contributed by atoms with Crippen LogP contribution in [0.4, 0.5) is 17.1 Å². The number of ether oxygens (including phenoxy) is 1. The number of amides is 3. The first-order valence-electron chi connectivity index (χ1n) is 14.2. The number of anilines is 3. The minimum atomic E-state index is -0.511. The van der Waals surface area contributed by atoms with Gasteiger partial charge in [-0.15, -0.1) is 11.8 Å². The van der Waals surface area contributed by atoms with Crippen molar-refractivity contribution in [3.8, 4) is 5.75 Å². The standard InChI is InChI=1S/C37H31N3O4S/c1-44-34-23-12-11-16-28(34)24-33(39-36(42)27-14-5-2-6-15-27)37(43)38-29-17-13-22-32(25-29)45-26-35(41)40(30-18-7-3-8-19-30)31-20-9-4-10-21-31/h2-25H,26H2,1H3,(H,38,43)(H,39,42)/b33-24-. The molecular formula is C37H31N3O4S. The highest BCUT2D eigenvalue weighted by atomic mass is 32.2. The van der Waals surface area contributed by atoms with Gasteiger partial charge in [0.05, 0.1) is 12.9 Å². The van der Waals surface area contributed by atoms with E-state index in [0.29, 0.717) is 22.6 Å². The van der Waals surface area contributed by atoms with Crippen molar-refractivity contribution in [1.82, 2.24) is 5.32 Å². The summed E-state index contributed by atoms with van der Waals surface area (Å²) in [6.07, 6.45) is 1.58. The maximum Gasteiger partial charge on any atom is 0.272 e. The lowest BCUT2D eigenvalue weighted by Crippen LogP contribution is -2.30. The van der Waals surface area contributed by atoms with Gasteiger partial charge in [0.1, 0.15) is 11.4 Å². The molecule has 45 heavy (non-hydrogen) atoms. The number of carbonyl (C=O) groups excluding carboxylic acids is 3. The number of thioether (sulfide) groups is 1. The molecule has 0 heterocycles. The van der Waals surface area contributed by atoms with Crippen LogP contribution in [0.3, 0.4) is 0 Å². The zero-order chi connectivity index (χ0) is 31.4. The zero-order valence-corrected chi connectivity index (χ0v) is 25.4. The Labute approximate surface area is 266 Å². The summed E-state index contributed by atoms with van der Waals surface area (Å²) in [5.41, 5.74) is 3.16. The summed E-state index contributed by atoms with van der Waals surface area (Å²) in [6, 6.07) is 42.2. The SMILES string of the molecule is COc1ccccc1/C=C(\NC(=O)c1ccccc1)C(=O)Nc1cccc(SCC(=O)N(c2ccccc2)c2ccccc2)c1. The summed E-state index contributed by atoms with van der Waals surface area (Å²) in [5, 5.41) is 5.64. The Bertz CT molecular complexity index is 1760. The molecule has 7 nitrogen and oxygen atoms in total. The lowest BCUT2D eigenvalue weighted by atomic mass is 10.1. The summed E-state index contributed by atoms with van der Waals surface area (Å²) < 4.78 is 5.45. The van der Waals surface area contributed by atoms with Crippen LogP contribution in [0.1, 0.15) is 15.9 Å². The average molecular weight is 614 g/mol. The highest BCUT2D eigenvalue weighted by Crippen LogP contribution is 2.29. The van der Waals surface area contributed by atoms with Gasteiger partial charge in [0.25, 0.3) is 11.8 Å². The van der Waals surface area contributed by atoms with E-state index in [4.69, 9.17) is 4.74 Å². The summed E-state index contributed by atoms with van der Waals surface area (Å²) in [5.74, 6) is -0.288. The maximum atomic E-state index is 13.6. The van der Waals surface area contributed by atoms with Crippen LogP contribution >= 0.6 is 11.8 Å². The fourth-order valence-corrected chi connectivity index (χ4v) is 5.35. The number of nitrogens with one attached hydrogen (secondary N) is 2. The summed E-state index contributed by atoms with van der Waals surface area (Å²) in [6.45, 7) is 0. The molecule has 5 aromatic carbocycles. The normalized spacial score (nSPS) is 10.9. The average Bonchev–Trinajstić information content (AvgIpc) is 3.09. The van der Waals surface area contributed by atoms with E-state index in [1.54, 1.807) is 72.7 Å². The van der Waals surface area contributed by atoms with Crippen LogP contribution < -0.4 is 20.3 Å². The molecule has 0 atom stereocenters. The zero-order valence-electron chi connectivity index (χ0n) is 24.6. The van der Waals surface area contributed by atoms with Crippen LogP contribution in [0.2, 0.25) is 0 Å². The predicted molar refractivity (Wildman–Crippen MR) is 181 cm³/mol. The largest absolute Gasteiger partial charge is 0.496 e. The Hall–Kier alpha value is -5.60. The lowest BCUT2D eigenvalue weighted by Gasteiger charge is -2.23. The highest BCUT2D eigenvalue weighted by Gasteiger charge is 2.19. The molecule has 0 aliphatic heterocycles. The van der Waals surface area contributed by atoms with Gasteiger partial charge >= 0.3 is 0 Å². The minimum absolute atomic E-state index is 0.0444.